The van der Waals surface area contributed by atoms with E-state index in [1.807, 2.05) is 6.92 Å². The van der Waals surface area contributed by atoms with Crippen LogP contribution in [0.3, 0.4) is 0 Å². The highest BCUT2D eigenvalue weighted by Gasteiger charge is 2.48. The van der Waals surface area contributed by atoms with Crippen molar-refractivity contribution in [3.05, 3.63) is 106 Å². The van der Waals surface area contributed by atoms with Gasteiger partial charge in [0.2, 0.25) is 0 Å². The van der Waals surface area contributed by atoms with E-state index in [1.165, 1.54) is 36.4 Å². The summed E-state index contributed by atoms with van der Waals surface area (Å²) in [5.74, 6) is -3.62. The van der Waals surface area contributed by atoms with Gasteiger partial charge < -0.3 is 5.11 Å². The minimum absolute atomic E-state index is 0.136. The molecule has 1 aliphatic rings. The molecule has 1 aliphatic heterocycles. The third kappa shape index (κ3) is 4.00. The van der Waals surface area contributed by atoms with Gasteiger partial charge in [-0.15, -0.1) is 0 Å². The summed E-state index contributed by atoms with van der Waals surface area (Å²) in [5.41, 5.74) is -0.740. The molecule has 1 N–H and O–H groups in total. The first-order valence-electron chi connectivity index (χ1n) is 9.89. The smallest absolute Gasteiger partial charge is 0.416 e. The van der Waals surface area contributed by atoms with Crippen LogP contribution in [0.15, 0.2) is 78.4 Å². The monoisotopic (exact) mass is 455 g/mol. The molecule has 4 rings (SSSR count). The molecule has 1 amide bonds. The van der Waals surface area contributed by atoms with Crippen molar-refractivity contribution in [2.45, 2.75) is 19.1 Å². The fourth-order valence-corrected chi connectivity index (χ4v) is 3.79. The number of aryl methyl sites for hydroxylation is 1. The largest absolute Gasteiger partial charge is 0.507 e. The van der Waals surface area contributed by atoms with Crippen molar-refractivity contribution in [3.63, 3.8) is 0 Å². The Morgan fingerprint density at radius 2 is 1.61 bits per heavy atom. The molecule has 0 radical (unpaired) electrons. The molecule has 0 saturated carbocycles. The second-order valence-corrected chi connectivity index (χ2v) is 7.60. The van der Waals surface area contributed by atoms with Crippen LogP contribution in [0.1, 0.15) is 28.3 Å². The molecule has 4 nitrogen and oxygen atoms in total. The first kappa shape index (κ1) is 22.3. The quantitative estimate of drug-likeness (QED) is 0.236. The molecular weight excluding hydrogens is 438 g/mol. The van der Waals surface area contributed by atoms with Gasteiger partial charge in [-0.2, -0.15) is 13.2 Å². The van der Waals surface area contributed by atoms with E-state index in [-0.39, 0.29) is 16.8 Å². The highest BCUT2D eigenvalue weighted by atomic mass is 19.4. The molecule has 8 heteroatoms. The number of Topliss-reactive ketones (excluding diaryl/α,β-unsaturated/α-hetero) is 1. The molecule has 3 aromatic carbocycles. The Labute approximate surface area is 186 Å². The summed E-state index contributed by atoms with van der Waals surface area (Å²) in [6.45, 7) is 1.82. The molecule has 1 fully saturated rings. The van der Waals surface area contributed by atoms with E-state index < -0.39 is 46.6 Å². The second kappa shape index (κ2) is 8.20. The van der Waals surface area contributed by atoms with E-state index in [0.29, 0.717) is 6.07 Å². The van der Waals surface area contributed by atoms with E-state index >= 15 is 0 Å². The minimum Gasteiger partial charge on any atom is -0.507 e. The number of alkyl halides is 3. The van der Waals surface area contributed by atoms with Gasteiger partial charge in [0.05, 0.1) is 17.2 Å². The van der Waals surface area contributed by atoms with Crippen LogP contribution in [0, 0.1) is 12.7 Å². The Balaban J connectivity index is 1.97. The lowest BCUT2D eigenvalue weighted by Gasteiger charge is -2.26. The van der Waals surface area contributed by atoms with Gasteiger partial charge in [-0.25, -0.2) is 4.39 Å². The van der Waals surface area contributed by atoms with Crippen LogP contribution in [0.25, 0.3) is 5.76 Å². The highest BCUT2D eigenvalue weighted by molar-refractivity contribution is 6.51. The number of carbonyl (C=O) groups excluding carboxylic acids is 2. The molecule has 1 atom stereocenters. The van der Waals surface area contributed by atoms with Crippen molar-refractivity contribution in [2.75, 3.05) is 4.90 Å². The number of carbonyl (C=O) groups is 2. The predicted molar refractivity (Wildman–Crippen MR) is 114 cm³/mol. The van der Waals surface area contributed by atoms with E-state index in [0.717, 1.165) is 28.7 Å². The van der Waals surface area contributed by atoms with Gasteiger partial charge in [-0.1, -0.05) is 54.1 Å². The van der Waals surface area contributed by atoms with Crippen LogP contribution >= 0.6 is 0 Å². The first-order valence-corrected chi connectivity index (χ1v) is 9.89. The van der Waals surface area contributed by atoms with Crippen LogP contribution in [0.4, 0.5) is 23.2 Å². The number of aliphatic hydroxyl groups is 1. The standard InChI is InChI=1S/C25H17F4NO3/c1-14-9-11-15(12-10-14)22(31)20-21(18-7-2-3-8-19(18)26)30(24(33)23(20)32)17-6-4-5-16(13-17)25(27,28)29/h2-13,21,31H,1H3/b22-20-. The summed E-state index contributed by atoms with van der Waals surface area (Å²) in [6.07, 6.45) is -4.70. The molecule has 1 heterocycles. The summed E-state index contributed by atoms with van der Waals surface area (Å²) in [7, 11) is 0. The molecule has 0 aromatic heterocycles. The third-order valence-corrected chi connectivity index (χ3v) is 5.42. The summed E-state index contributed by atoms with van der Waals surface area (Å²) >= 11 is 0. The van der Waals surface area contributed by atoms with Gasteiger partial charge in [0.1, 0.15) is 11.6 Å². The topological polar surface area (TPSA) is 57.6 Å². The number of hydrogen-bond acceptors (Lipinski definition) is 3. The number of amides is 1. The molecule has 3 aromatic rings. The van der Waals surface area contributed by atoms with Crippen molar-refractivity contribution < 1.29 is 32.3 Å². The maximum absolute atomic E-state index is 14.8. The number of ketones is 1. The van der Waals surface area contributed by atoms with E-state index in [1.54, 1.807) is 12.1 Å². The molecule has 1 unspecified atom stereocenters. The number of benzene rings is 3. The number of nitrogens with zero attached hydrogens (tertiary/aromatic N) is 1. The lowest BCUT2D eigenvalue weighted by molar-refractivity contribution is -0.137. The molecule has 1 saturated heterocycles. The molecular formula is C25H17F4NO3. The summed E-state index contributed by atoms with van der Waals surface area (Å²) in [4.78, 5) is 26.8. The normalized spacial score (nSPS) is 18.1. The Morgan fingerprint density at radius 1 is 0.939 bits per heavy atom. The first-order chi connectivity index (χ1) is 15.6. The SMILES string of the molecule is Cc1ccc(/C(O)=C2/C(=O)C(=O)N(c3cccc(C(F)(F)F)c3)C2c2ccccc2F)cc1. The number of anilines is 1. The van der Waals surface area contributed by atoms with Gasteiger partial charge in [0, 0.05) is 16.8 Å². The average Bonchev–Trinajstić information content (AvgIpc) is 3.04. The zero-order chi connectivity index (χ0) is 23.9. The Kier molecular flexibility index (Phi) is 5.53. The highest BCUT2D eigenvalue weighted by Crippen LogP contribution is 2.44. The van der Waals surface area contributed by atoms with Gasteiger partial charge in [0.15, 0.2) is 0 Å². The molecule has 33 heavy (non-hydrogen) atoms. The van der Waals surface area contributed by atoms with E-state index in [9.17, 15) is 32.3 Å². The van der Waals surface area contributed by atoms with Gasteiger partial charge in [-0.05, 0) is 31.2 Å². The van der Waals surface area contributed by atoms with Crippen LogP contribution in [-0.4, -0.2) is 16.8 Å². The molecule has 0 spiro atoms. The fraction of sp³-hybridized carbons (Fsp3) is 0.120. The van der Waals surface area contributed by atoms with E-state index in [2.05, 4.69) is 0 Å². The second-order valence-electron chi connectivity index (χ2n) is 7.60. The maximum atomic E-state index is 14.8. The zero-order valence-corrected chi connectivity index (χ0v) is 17.2. The third-order valence-electron chi connectivity index (χ3n) is 5.42. The van der Waals surface area contributed by atoms with Gasteiger partial charge in [0.25, 0.3) is 11.7 Å². The lowest BCUT2D eigenvalue weighted by Crippen LogP contribution is -2.30. The van der Waals surface area contributed by atoms with Crippen molar-refractivity contribution >= 4 is 23.1 Å². The molecule has 0 bridgehead atoms. The summed E-state index contributed by atoms with van der Waals surface area (Å²) in [5, 5.41) is 10.9. The summed E-state index contributed by atoms with van der Waals surface area (Å²) in [6, 6.07) is 14.1. The van der Waals surface area contributed by atoms with Gasteiger partial charge >= 0.3 is 6.18 Å². The number of aliphatic hydroxyl groups excluding tert-OH is 1. The van der Waals surface area contributed by atoms with Crippen LogP contribution in [0.5, 0.6) is 0 Å². The minimum atomic E-state index is -4.70. The molecule has 168 valence electrons. The Hall–Kier alpha value is -3.94. The predicted octanol–water partition coefficient (Wildman–Crippen LogP) is 5.78. The van der Waals surface area contributed by atoms with Gasteiger partial charge in [-0.3, -0.25) is 14.5 Å². The average molecular weight is 455 g/mol. The van der Waals surface area contributed by atoms with E-state index in [4.69, 9.17) is 0 Å². The van der Waals surface area contributed by atoms with Crippen molar-refractivity contribution in [1.82, 2.24) is 0 Å². The lowest BCUT2D eigenvalue weighted by atomic mass is 9.94. The Morgan fingerprint density at radius 3 is 2.24 bits per heavy atom. The number of hydrogen-bond donors (Lipinski definition) is 1. The van der Waals surface area contributed by atoms with Crippen LogP contribution in [-0.2, 0) is 15.8 Å². The number of halogens is 4. The van der Waals surface area contributed by atoms with Crippen molar-refractivity contribution in [1.29, 1.82) is 0 Å². The number of rotatable bonds is 3. The maximum Gasteiger partial charge on any atom is 0.416 e. The van der Waals surface area contributed by atoms with Crippen molar-refractivity contribution in [2.24, 2.45) is 0 Å². The summed E-state index contributed by atoms with van der Waals surface area (Å²) < 4.78 is 54.7. The molecule has 0 aliphatic carbocycles. The fourth-order valence-electron chi connectivity index (χ4n) is 3.79. The van der Waals surface area contributed by atoms with Crippen LogP contribution in [0.2, 0.25) is 0 Å². The van der Waals surface area contributed by atoms with Crippen molar-refractivity contribution in [3.8, 4) is 0 Å². The van der Waals surface area contributed by atoms with Crippen LogP contribution < -0.4 is 4.90 Å². The Bertz CT molecular complexity index is 1280. The zero-order valence-electron chi connectivity index (χ0n) is 17.2.